The van der Waals surface area contributed by atoms with Gasteiger partial charge in [0.05, 0.1) is 31.1 Å². The molecule has 0 unspecified atom stereocenters. The number of ether oxygens (including phenoxy) is 1. The minimum Gasteiger partial charge on any atom is -0.494 e. The Morgan fingerprint density at radius 2 is 1.77 bits per heavy atom. The standard InChI is InChI=1S/C29H33F2N7O5/c1-16-12-17(34-27(40)26-33-14-21(36(26)2)19-6-7-23(43-3)25(31)24(19)30)4-5-18(16)28(41)37-8-10-38(11-9-37)29(42)35-20-13-32-15-22(20)39/h4-7,12,14,20,22,32,39H,8-11,13,15H2,1-3H3,(H,34,40)(H,35,42)/t20-,22-/m0/s1. The van der Waals surface area contributed by atoms with Gasteiger partial charge >= 0.3 is 6.03 Å². The smallest absolute Gasteiger partial charge is 0.317 e. The molecule has 14 heteroatoms. The van der Waals surface area contributed by atoms with Crippen LogP contribution in [0.2, 0.25) is 0 Å². The Hall–Kier alpha value is -4.56. The number of amides is 4. The van der Waals surface area contributed by atoms with E-state index >= 15 is 0 Å². The van der Waals surface area contributed by atoms with Gasteiger partial charge in [0.15, 0.2) is 17.4 Å². The van der Waals surface area contributed by atoms with Gasteiger partial charge in [0.2, 0.25) is 5.82 Å². The number of carbonyl (C=O) groups is 3. The number of anilines is 1. The molecule has 0 radical (unpaired) electrons. The molecular formula is C29H33F2N7O5. The van der Waals surface area contributed by atoms with Crippen LogP contribution >= 0.6 is 0 Å². The predicted molar refractivity (Wildman–Crippen MR) is 153 cm³/mol. The molecule has 4 N–H and O–H groups in total. The van der Waals surface area contributed by atoms with E-state index in [0.717, 1.165) is 0 Å². The Morgan fingerprint density at radius 1 is 1.05 bits per heavy atom. The highest BCUT2D eigenvalue weighted by Gasteiger charge is 2.30. The molecule has 0 aliphatic carbocycles. The van der Waals surface area contributed by atoms with E-state index in [1.165, 1.54) is 37.1 Å². The van der Waals surface area contributed by atoms with Crippen LogP contribution in [-0.4, -0.2) is 101 Å². The van der Waals surface area contributed by atoms with Crippen LogP contribution in [-0.2, 0) is 7.05 Å². The highest BCUT2D eigenvalue weighted by atomic mass is 19.2. The third kappa shape index (κ3) is 6.01. The lowest BCUT2D eigenvalue weighted by atomic mass is 10.1. The fourth-order valence-electron chi connectivity index (χ4n) is 5.27. The number of carbonyl (C=O) groups excluding carboxylic acids is 3. The average molecular weight is 598 g/mol. The molecule has 2 fully saturated rings. The number of aliphatic hydroxyl groups excluding tert-OH is 1. The molecule has 2 saturated heterocycles. The summed E-state index contributed by atoms with van der Waals surface area (Å²) in [5, 5.41) is 18.5. The van der Waals surface area contributed by atoms with Crippen LogP contribution in [0.5, 0.6) is 5.75 Å². The van der Waals surface area contributed by atoms with Crippen molar-refractivity contribution < 1.29 is 33.0 Å². The highest BCUT2D eigenvalue weighted by molar-refractivity contribution is 6.03. The summed E-state index contributed by atoms with van der Waals surface area (Å²) in [6, 6.07) is 6.93. The maximum atomic E-state index is 14.6. The molecule has 3 heterocycles. The van der Waals surface area contributed by atoms with Crippen LogP contribution in [0.15, 0.2) is 36.5 Å². The molecule has 0 bridgehead atoms. The Bertz CT molecular complexity index is 1550. The molecule has 2 aliphatic rings. The first-order chi connectivity index (χ1) is 20.6. The maximum absolute atomic E-state index is 14.6. The summed E-state index contributed by atoms with van der Waals surface area (Å²) < 4.78 is 35.0. The van der Waals surface area contributed by atoms with Crippen LogP contribution in [0.4, 0.5) is 19.3 Å². The second kappa shape index (κ2) is 12.4. The SMILES string of the molecule is COc1ccc(-c2cnc(C(=O)Nc3ccc(C(=O)N4CCN(C(=O)N[C@H]5CNC[C@@H]5O)CC4)c(C)c3)n2C)c(F)c1F. The first kappa shape index (κ1) is 29.9. The van der Waals surface area contributed by atoms with E-state index in [9.17, 15) is 28.3 Å². The molecule has 1 aromatic heterocycles. The number of hydrogen-bond acceptors (Lipinski definition) is 7. The van der Waals surface area contributed by atoms with E-state index in [1.54, 1.807) is 34.9 Å². The van der Waals surface area contributed by atoms with Crippen LogP contribution in [0.1, 0.15) is 26.5 Å². The summed E-state index contributed by atoms with van der Waals surface area (Å²) in [5.74, 6) is -3.27. The zero-order valence-electron chi connectivity index (χ0n) is 24.0. The van der Waals surface area contributed by atoms with Gasteiger partial charge in [-0.2, -0.15) is 4.39 Å². The summed E-state index contributed by atoms with van der Waals surface area (Å²) in [6.45, 7) is 4.14. The molecule has 228 valence electrons. The first-order valence-corrected chi connectivity index (χ1v) is 13.8. The van der Waals surface area contributed by atoms with Crippen LogP contribution in [0.3, 0.4) is 0 Å². The van der Waals surface area contributed by atoms with E-state index in [4.69, 9.17) is 4.74 Å². The quantitative estimate of drug-likeness (QED) is 0.339. The van der Waals surface area contributed by atoms with Crippen molar-refractivity contribution in [1.29, 1.82) is 0 Å². The summed E-state index contributed by atoms with van der Waals surface area (Å²) >= 11 is 0. The highest BCUT2D eigenvalue weighted by Crippen LogP contribution is 2.30. The van der Waals surface area contributed by atoms with Gasteiger partial charge in [-0.3, -0.25) is 9.59 Å². The number of benzene rings is 2. The van der Waals surface area contributed by atoms with Crippen molar-refractivity contribution in [1.82, 2.24) is 30.0 Å². The Morgan fingerprint density at radius 3 is 2.42 bits per heavy atom. The Kier molecular flexibility index (Phi) is 8.59. The molecular weight excluding hydrogens is 564 g/mol. The number of nitrogens with zero attached hydrogens (tertiary/aromatic N) is 4. The summed E-state index contributed by atoms with van der Waals surface area (Å²) in [5.41, 5.74) is 1.66. The van der Waals surface area contributed by atoms with E-state index in [2.05, 4.69) is 20.9 Å². The maximum Gasteiger partial charge on any atom is 0.317 e. The summed E-state index contributed by atoms with van der Waals surface area (Å²) in [7, 11) is 2.76. The van der Waals surface area contributed by atoms with Gasteiger partial charge < -0.3 is 40.2 Å². The number of nitrogens with one attached hydrogen (secondary N) is 3. The molecule has 5 rings (SSSR count). The number of β-amino-alcohol motifs (C(OH)–C–C–N with tert-alkyl or cyclic N) is 1. The van der Waals surface area contributed by atoms with Crippen molar-refractivity contribution in [2.75, 3.05) is 51.7 Å². The Labute approximate surface area is 246 Å². The monoisotopic (exact) mass is 597 g/mol. The lowest BCUT2D eigenvalue weighted by Gasteiger charge is -2.35. The number of urea groups is 1. The largest absolute Gasteiger partial charge is 0.494 e. The predicted octanol–water partition coefficient (Wildman–Crippen LogP) is 1.73. The number of imidazole rings is 1. The molecule has 0 saturated carbocycles. The molecule has 43 heavy (non-hydrogen) atoms. The zero-order valence-corrected chi connectivity index (χ0v) is 24.0. The fraction of sp³-hybridized carbons (Fsp3) is 0.379. The molecule has 2 aromatic carbocycles. The van der Waals surface area contributed by atoms with Gasteiger partial charge in [-0.15, -0.1) is 0 Å². The number of aromatic nitrogens is 2. The Balaban J connectivity index is 1.20. The van der Waals surface area contributed by atoms with Crippen LogP contribution in [0, 0.1) is 18.6 Å². The number of hydrogen-bond donors (Lipinski definition) is 4. The number of rotatable bonds is 6. The van der Waals surface area contributed by atoms with Gasteiger partial charge in [-0.25, -0.2) is 14.2 Å². The normalized spacial score (nSPS) is 18.5. The van der Waals surface area contributed by atoms with Gasteiger partial charge in [0.1, 0.15) is 0 Å². The minimum absolute atomic E-state index is 0.0240. The van der Waals surface area contributed by atoms with Crippen molar-refractivity contribution in [2.24, 2.45) is 7.05 Å². The van der Waals surface area contributed by atoms with E-state index < -0.39 is 23.6 Å². The van der Waals surface area contributed by atoms with E-state index in [-0.39, 0.29) is 40.8 Å². The van der Waals surface area contributed by atoms with Gasteiger partial charge in [0, 0.05) is 63.1 Å². The van der Waals surface area contributed by atoms with Crippen molar-refractivity contribution in [3.8, 4) is 17.0 Å². The lowest BCUT2D eigenvalue weighted by molar-refractivity contribution is 0.0659. The summed E-state index contributed by atoms with van der Waals surface area (Å²) in [4.78, 5) is 46.2. The van der Waals surface area contributed by atoms with Crippen molar-refractivity contribution in [2.45, 2.75) is 19.1 Å². The molecule has 2 atom stereocenters. The molecule has 12 nitrogen and oxygen atoms in total. The second-order valence-corrected chi connectivity index (χ2v) is 10.5. The number of methoxy groups -OCH3 is 1. The van der Waals surface area contributed by atoms with Crippen LogP contribution in [0.25, 0.3) is 11.3 Å². The van der Waals surface area contributed by atoms with Gasteiger partial charge in [-0.1, -0.05) is 0 Å². The van der Waals surface area contributed by atoms with Crippen LogP contribution < -0.4 is 20.7 Å². The fourth-order valence-corrected chi connectivity index (χ4v) is 5.27. The molecule has 0 spiro atoms. The first-order valence-electron chi connectivity index (χ1n) is 13.8. The van der Waals surface area contributed by atoms with E-state index in [1.807, 2.05) is 0 Å². The third-order valence-electron chi connectivity index (χ3n) is 7.79. The number of piperazine rings is 1. The second-order valence-electron chi connectivity index (χ2n) is 10.5. The molecule has 3 aromatic rings. The topological polar surface area (TPSA) is 141 Å². The van der Waals surface area contributed by atoms with E-state index in [0.29, 0.717) is 56.1 Å². The third-order valence-corrected chi connectivity index (χ3v) is 7.79. The zero-order chi connectivity index (χ0) is 30.8. The van der Waals surface area contributed by atoms with Gasteiger partial charge in [-0.05, 0) is 42.8 Å². The molecule has 2 aliphatic heterocycles. The van der Waals surface area contributed by atoms with Crippen molar-refractivity contribution in [3.63, 3.8) is 0 Å². The summed E-state index contributed by atoms with van der Waals surface area (Å²) in [6.07, 6.45) is 0.656. The van der Waals surface area contributed by atoms with Crippen molar-refractivity contribution in [3.05, 3.63) is 65.1 Å². The number of halogens is 2. The molecule has 4 amide bonds. The average Bonchev–Trinajstić information content (AvgIpc) is 3.58. The van der Waals surface area contributed by atoms with Gasteiger partial charge in [0.25, 0.3) is 11.8 Å². The number of aryl methyl sites for hydroxylation is 1. The lowest BCUT2D eigenvalue weighted by Crippen LogP contribution is -2.56. The minimum atomic E-state index is -1.14. The number of aliphatic hydroxyl groups is 1. The van der Waals surface area contributed by atoms with Crippen molar-refractivity contribution >= 4 is 23.5 Å².